The molecular weight excluding hydrogens is 409 g/mol. The van der Waals surface area contributed by atoms with Gasteiger partial charge in [0.1, 0.15) is 5.75 Å². The van der Waals surface area contributed by atoms with Gasteiger partial charge in [-0.1, -0.05) is 18.2 Å². The number of hydrogen-bond donors (Lipinski definition) is 2. The Balaban J connectivity index is 1.48. The van der Waals surface area contributed by atoms with E-state index in [2.05, 4.69) is 4.98 Å². The first kappa shape index (κ1) is 21.2. The van der Waals surface area contributed by atoms with Gasteiger partial charge in [-0.05, 0) is 48.2 Å². The number of fused-ring (bicyclic) bond motifs is 1. The minimum atomic E-state index is -4.55. The van der Waals surface area contributed by atoms with Crippen LogP contribution < -0.4 is 4.74 Å². The maximum Gasteiger partial charge on any atom is 0.416 e. The van der Waals surface area contributed by atoms with E-state index in [4.69, 9.17) is 4.74 Å². The number of carbonyl (C=O) groups excluding carboxylic acids is 1. The molecule has 2 aromatic carbocycles. The highest BCUT2D eigenvalue weighted by molar-refractivity contribution is 5.89. The Labute approximate surface area is 177 Å². The molecule has 1 aromatic heterocycles. The molecular formula is C23H23F3N2O3. The number of halogens is 3. The molecule has 1 amide bonds. The van der Waals surface area contributed by atoms with Gasteiger partial charge in [0.25, 0.3) is 0 Å². The Morgan fingerprint density at radius 2 is 1.90 bits per heavy atom. The largest absolute Gasteiger partial charge is 0.497 e. The van der Waals surface area contributed by atoms with Gasteiger partial charge in [-0.25, -0.2) is 0 Å². The SMILES string of the molecule is COc1ccc2[nH]cc(CC(=O)N3CCC(O)(c4ccccc4C(F)(F)F)CC3)c2c1. The number of nitrogens with zero attached hydrogens (tertiary/aromatic N) is 1. The zero-order valence-corrected chi connectivity index (χ0v) is 17.0. The quantitative estimate of drug-likeness (QED) is 0.648. The molecule has 0 saturated carbocycles. The highest BCUT2D eigenvalue weighted by Gasteiger charge is 2.42. The van der Waals surface area contributed by atoms with Gasteiger partial charge in [0.2, 0.25) is 5.91 Å². The maximum atomic E-state index is 13.4. The van der Waals surface area contributed by atoms with E-state index in [0.717, 1.165) is 22.5 Å². The number of nitrogens with one attached hydrogen (secondary N) is 1. The second kappa shape index (κ2) is 7.92. The predicted molar refractivity (Wildman–Crippen MR) is 110 cm³/mol. The fourth-order valence-electron chi connectivity index (χ4n) is 4.24. The van der Waals surface area contributed by atoms with Gasteiger partial charge >= 0.3 is 6.18 Å². The highest BCUT2D eigenvalue weighted by atomic mass is 19.4. The fraction of sp³-hybridized carbons (Fsp3) is 0.348. The summed E-state index contributed by atoms with van der Waals surface area (Å²) in [7, 11) is 1.57. The normalized spacial score (nSPS) is 16.5. The third-order valence-corrected chi connectivity index (χ3v) is 5.99. The Kier molecular flexibility index (Phi) is 5.43. The van der Waals surface area contributed by atoms with Gasteiger partial charge in [0, 0.05) is 30.2 Å². The summed E-state index contributed by atoms with van der Waals surface area (Å²) in [4.78, 5) is 17.6. The van der Waals surface area contributed by atoms with Crippen molar-refractivity contribution in [3.05, 3.63) is 65.4 Å². The smallest absolute Gasteiger partial charge is 0.416 e. The maximum absolute atomic E-state index is 13.4. The van der Waals surface area contributed by atoms with Crippen molar-refractivity contribution in [2.24, 2.45) is 0 Å². The van der Waals surface area contributed by atoms with Crippen LogP contribution in [0.2, 0.25) is 0 Å². The van der Waals surface area contributed by atoms with Crippen molar-refractivity contribution < 1.29 is 27.8 Å². The van der Waals surface area contributed by atoms with Crippen molar-refractivity contribution in [3.8, 4) is 5.75 Å². The Morgan fingerprint density at radius 1 is 1.19 bits per heavy atom. The number of aromatic nitrogens is 1. The highest BCUT2D eigenvalue weighted by Crippen LogP contribution is 2.41. The molecule has 164 valence electrons. The molecule has 1 aliphatic rings. The average Bonchev–Trinajstić information content (AvgIpc) is 3.15. The number of methoxy groups -OCH3 is 1. The van der Waals surface area contributed by atoms with Crippen LogP contribution >= 0.6 is 0 Å². The number of rotatable bonds is 4. The van der Waals surface area contributed by atoms with Gasteiger partial charge in [0.15, 0.2) is 0 Å². The van der Waals surface area contributed by atoms with E-state index in [9.17, 15) is 23.1 Å². The molecule has 0 atom stereocenters. The molecule has 1 fully saturated rings. The predicted octanol–water partition coefficient (Wildman–Crippen LogP) is 4.25. The number of aliphatic hydroxyl groups is 1. The summed E-state index contributed by atoms with van der Waals surface area (Å²) in [5.74, 6) is 0.557. The van der Waals surface area contributed by atoms with Crippen molar-refractivity contribution in [2.75, 3.05) is 20.2 Å². The van der Waals surface area contributed by atoms with Crippen molar-refractivity contribution in [1.29, 1.82) is 0 Å². The lowest BCUT2D eigenvalue weighted by atomic mass is 9.81. The lowest BCUT2D eigenvalue weighted by Gasteiger charge is -2.39. The third-order valence-electron chi connectivity index (χ3n) is 5.99. The average molecular weight is 432 g/mol. The molecule has 0 aliphatic carbocycles. The molecule has 31 heavy (non-hydrogen) atoms. The van der Waals surface area contributed by atoms with Crippen molar-refractivity contribution in [2.45, 2.75) is 31.0 Å². The number of likely N-dealkylation sites (tertiary alicyclic amines) is 1. The van der Waals surface area contributed by atoms with Crippen molar-refractivity contribution in [3.63, 3.8) is 0 Å². The first-order valence-electron chi connectivity index (χ1n) is 10.0. The lowest BCUT2D eigenvalue weighted by molar-refractivity contribution is -0.144. The minimum absolute atomic E-state index is 0.0491. The lowest BCUT2D eigenvalue weighted by Crippen LogP contribution is -2.46. The van der Waals surface area contributed by atoms with Crippen LogP contribution in [-0.2, 0) is 23.0 Å². The van der Waals surface area contributed by atoms with Crippen LogP contribution in [-0.4, -0.2) is 41.1 Å². The Morgan fingerprint density at radius 3 is 2.58 bits per heavy atom. The molecule has 5 nitrogen and oxygen atoms in total. The second-order valence-corrected chi connectivity index (χ2v) is 7.86. The van der Waals surface area contributed by atoms with E-state index in [0.29, 0.717) is 5.75 Å². The number of aromatic amines is 1. The topological polar surface area (TPSA) is 65.6 Å². The summed E-state index contributed by atoms with van der Waals surface area (Å²) in [6, 6.07) is 10.7. The number of carbonyl (C=O) groups is 1. The molecule has 0 spiro atoms. The summed E-state index contributed by atoms with van der Waals surface area (Å²) >= 11 is 0. The van der Waals surface area contributed by atoms with Crippen LogP contribution in [0.5, 0.6) is 5.75 Å². The Bertz CT molecular complexity index is 1100. The minimum Gasteiger partial charge on any atom is -0.497 e. The van der Waals surface area contributed by atoms with Crippen LogP contribution in [0.25, 0.3) is 10.9 Å². The van der Waals surface area contributed by atoms with Crippen molar-refractivity contribution in [1.82, 2.24) is 9.88 Å². The van der Waals surface area contributed by atoms with E-state index in [1.165, 1.54) is 18.2 Å². The van der Waals surface area contributed by atoms with Crippen LogP contribution in [0.3, 0.4) is 0 Å². The second-order valence-electron chi connectivity index (χ2n) is 7.86. The van der Waals surface area contributed by atoms with E-state index in [1.807, 2.05) is 18.2 Å². The number of ether oxygens (including phenoxy) is 1. The molecule has 8 heteroatoms. The van der Waals surface area contributed by atoms with E-state index < -0.39 is 17.3 Å². The number of benzene rings is 2. The van der Waals surface area contributed by atoms with Crippen LogP contribution in [0, 0.1) is 0 Å². The molecule has 2 heterocycles. The van der Waals surface area contributed by atoms with Crippen LogP contribution in [0.15, 0.2) is 48.7 Å². The monoisotopic (exact) mass is 432 g/mol. The molecule has 0 unspecified atom stereocenters. The third kappa shape index (κ3) is 4.12. The summed E-state index contributed by atoms with van der Waals surface area (Å²) < 4.78 is 45.4. The van der Waals surface area contributed by atoms with Gasteiger partial charge in [-0.3, -0.25) is 4.79 Å². The fourth-order valence-corrected chi connectivity index (χ4v) is 4.24. The molecule has 1 aliphatic heterocycles. The van der Waals surface area contributed by atoms with Gasteiger partial charge < -0.3 is 19.7 Å². The first-order valence-corrected chi connectivity index (χ1v) is 10.0. The van der Waals surface area contributed by atoms with E-state index in [1.54, 1.807) is 18.2 Å². The van der Waals surface area contributed by atoms with Crippen LogP contribution in [0.1, 0.15) is 29.5 Å². The van der Waals surface area contributed by atoms with Crippen LogP contribution in [0.4, 0.5) is 13.2 Å². The zero-order chi connectivity index (χ0) is 22.2. The first-order chi connectivity index (χ1) is 14.7. The number of H-pyrrole nitrogens is 1. The standard InChI is InChI=1S/C23H23F3N2O3/c1-31-16-6-7-20-17(13-16)15(14-27-20)12-21(29)28-10-8-22(30,9-11-28)18-4-2-3-5-19(18)23(24,25)26/h2-7,13-14,27,30H,8-12H2,1H3. The summed E-state index contributed by atoms with van der Waals surface area (Å²) in [6.45, 7) is 0.375. The number of alkyl halides is 3. The summed E-state index contributed by atoms with van der Waals surface area (Å²) in [5, 5.41) is 11.9. The molecule has 2 N–H and O–H groups in total. The molecule has 0 bridgehead atoms. The van der Waals surface area contributed by atoms with E-state index >= 15 is 0 Å². The molecule has 3 aromatic rings. The number of hydrogen-bond acceptors (Lipinski definition) is 3. The zero-order valence-electron chi connectivity index (χ0n) is 17.0. The molecule has 4 rings (SSSR count). The number of piperidine rings is 1. The molecule has 0 radical (unpaired) electrons. The van der Waals surface area contributed by atoms with Gasteiger partial charge in [0.05, 0.1) is 24.7 Å². The van der Waals surface area contributed by atoms with Crippen molar-refractivity contribution >= 4 is 16.8 Å². The van der Waals surface area contributed by atoms with Gasteiger partial charge in [-0.2, -0.15) is 13.2 Å². The van der Waals surface area contributed by atoms with Gasteiger partial charge in [-0.15, -0.1) is 0 Å². The number of amides is 1. The molecule has 1 saturated heterocycles. The summed E-state index contributed by atoms with van der Waals surface area (Å²) in [6.07, 6.45) is -2.51. The van der Waals surface area contributed by atoms with E-state index in [-0.39, 0.29) is 43.8 Å². The Hall–Kier alpha value is -3.00. The summed E-state index contributed by atoms with van der Waals surface area (Å²) in [5.41, 5.74) is -0.859.